The first kappa shape index (κ1) is 18.8. The minimum Gasteiger partial charge on any atom is -0.497 e. The topological polar surface area (TPSA) is 78.1 Å². The van der Waals surface area contributed by atoms with Gasteiger partial charge in [-0.25, -0.2) is 4.98 Å². The van der Waals surface area contributed by atoms with Crippen molar-refractivity contribution in [3.8, 4) is 16.9 Å². The van der Waals surface area contributed by atoms with Crippen molar-refractivity contribution < 1.29 is 9.53 Å². The zero-order chi connectivity index (χ0) is 20.7. The van der Waals surface area contributed by atoms with Gasteiger partial charge < -0.3 is 10.5 Å². The lowest BCUT2D eigenvalue weighted by atomic mass is 9.88. The van der Waals surface area contributed by atoms with Crippen molar-refractivity contribution in [1.82, 2.24) is 9.97 Å². The Bertz CT molecular complexity index is 1250. The number of ketones is 1. The molecule has 0 bridgehead atoms. The first-order valence-corrected chi connectivity index (χ1v) is 10.8. The third-order valence-electron chi connectivity index (χ3n) is 5.66. The van der Waals surface area contributed by atoms with E-state index in [-0.39, 0.29) is 5.78 Å². The number of nitrogens with two attached hydrogens (primary N) is 1. The Labute approximate surface area is 178 Å². The van der Waals surface area contributed by atoms with Crippen molar-refractivity contribution in [2.24, 2.45) is 0 Å². The van der Waals surface area contributed by atoms with Crippen LogP contribution in [0.2, 0.25) is 0 Å². The summed E-state index contributed by atoms with van der Waals surface area (Å²) in [5.74, 6) is 0.623. The maximum atomic E-state index is 13.3. The van der Waals surface area contributed by atoms with Crippen LogP contribution in [0.4, 0.5) is 5.69 Å². The Hall–Kier alpha value is -3.25. The summed E-state index contributed by atoms with van der Waals surface area (Å²) in [5, 5.41) is 0.880. The van der Waals surface area contributed by atoms with E-state index in [1.165, 1.54) is 16.9 Å². The molecule has 0 amide bonds. The van der Waals surface area contributed by atoms with Gasteiger partial charge in [-0.05, 0) is 61.6 Å². The molecule has 1 aliphatic carbocycles. The van der Waals surface area contributed by atoms with E-state index in [1.807, 2.05) is 12.3 Å². The van der Waals surface area contributed by atoms with Gasteiger partial charge in [-0.15, -0.1) is 11.3 Å². The van der Waals surface area contributed by atoms with E-state index in [1.54, 1.807) is 37.6 Å². The Balaban J connectivity index is 1.72. The molecule has 0 aliphatic heterocycles. The number of anilines is 1. The lowest BCUT2D eigenvalue weighted by Gasteiger charge is -2.20. The molecule has 6 heteroatoms. The van der Waals surface area contributed by atoms with Gasteiger partial charge in [-0.3, -0.25) is 9.78 Å². The average molecular weight is 416 g/mol. The Kier molecular flexibility index (Phi) is 4.71. The second-order valence-electron chi connectivity index (χ2n) is 7.44. The largest absolute Gasteiger partial charge is 0.497 e. The zero-order valence-corrected chi connectivity index (χ0v) is 17.5. The van der Waals surface area contributed by atoms with E-state index in [0.717, 1.165) is 52.7 Å². The highest BCUT2D eigenvalue weighted by Crippen LogP contribution is 2.44. The molecule has 3 aromatic heterocycles. The van der Waals surface area contributed by atoms with Gasteiger partial charge in [0.1, 0.15) is 15.5 Å². The molecule has 4 aromatic rings. The number of hydrogen-bond donors (Lipinski definition) is 1. The molecule has 0 saturated carbocycles. The van der Waals surface area contributed by atoms with Crippen LogP contribution in [0.5, 0.6) is 5.75 Å². The summed E-state index contributed by atoms with van der Waals surface area (Å²) in [4.78, 5) is 23.9. The number of aromatic nitrogens is 2. The van der Waals surface area contributed by atoms with Crippen LogP contribution in [0.1, 0.15) is 39.3 Å². The number of nitrogens with zero attached hydrogens (tertiary/aromatic N) is 2. The van der Waals surface area contributed by atoms with E-state index < -0.39 is 0 Å². The highest BCUT2D eigenvalue weighted by atomic mass is 32.1. The third-order valence-corrected chi connectivity index (χ3v) is 6.76. The molecule has 150 valence electrons. The molecule has 1 aromatic carbocycles. The number of carbonyl (C=O) groups excluding carboxylic acids is 1. The van der Waals surface area contributed by atoms with Crippen LogP contribution in [0, 0.1) is 0 Å². The van der Waals surface area contributed by atoms with E-state index in [2.05, 4.69) is 11.1 Å². The molecule has 1 aliphatic rings. The first-order valence-electron chi connectivity index (χ1n) is 10.00. The number of benzene rings is 1. The molecule has 3 heterocycles. The van der Waals surface area contributed by atoms with Gasteiger partial charge in [0.15, 0.2) is 0 Å². The second kappa shape index (κ2) is 7.54. The molecule has 0 spiro atoms. The van der Waals surface area contributed by atoms with Crippen molar-refractivity contribution in [3.63, 3.8) is 0 Å². The van der Waals surface area contributed by atoms with Gasteiger partial charge in [-0.1, -0.05) is 6.07 Å². The molecule has 5 rings (SSSR count). The van der Waals surface area contributed by atoms with Gasteiger partial charge in [0, 0.05) is 40.2 Å². The fraction of sp³-hybridized carbons (Fsp3) is 0.208. The number of methoxy groups -OCH3 is 1. The van der Waals surface area contributed by atoms with Crippen LogP contribution >= 0.6 is 11.3 Å². The van der Waals surface area contributed by atoms with Crippen LogP contribution in [0.25, 0.3) is 21.3 Å². The molecule has 0 radical (unpaired) electrons. The number of fused-ring (bicyclic) bond motifs is 2. The molecular formula is C24H21N3O2S. The second-order valence-corrected chi connectivity index (χ2v) is 8.44. The van der Waals surface area contributed by atoms with Crippen molar-refractivity contribution in [2.45, 2.75) is 25.7 Å². The monoisotopic (exact) mass is 415 g/mol. The first-order chi connectivity index (χ1) is 14.7. The summed E-state index contributed by atoms with van der Waals surface area (Å²) in [7, 11) is 1.61. The Morgan fingerprint density at radius 1 is 1.13 bits per heavy atom. The lowest BCUT2D eigenvalue weighted by Crippen LogP contribution is -2.08. The van der Waals surface area contributed by atoms with Crippen LogP contribution < -0.4 is 10.5 Å². The molecule has 5 nitrogen and oxygen atoms in total. The fourth-order valence-corrected chi connectivity index (χ4v) is 5.26. The molecule has 0 fully saturated rings. The maximum absolute atomic E-state index is 13.3. The summed E-state index contributed by atoms with van der Waals surface area (Å²) in [6.07, 6.45) is 7.83. The molecule has 0 atom stereocenters. The number of hydrogen-bond acceptors (Lipinski definition) is 6. The molecule has 2 N–H and O–H groups in total. The highest BCUT2D eigenvalue weighted by molar-refractivity contribution is 7.21. The quantitative estimate of drug-likeness (QED) is 0.472. The van der Waals surface area contributed by atoms with Crippen LogP contribution in [0.3, 0.4) is 0 Å². The van der Waals surface area contributed by atoms with Gasteiger partial charge >= 0.3 is 0 Å². The minimum atomic E-state index is -0.0896. The van der Waals surface area contributed by atoms with Crippen LogP contribution in [-0.4, -0.2) is 22.9 Å². The standard InChI is InChI=1S/C24H21N3O2S/c1-29-16-10-8-14(9-11-16)22(28)23-21(25)20-19(15-5-4-12-26-13-15)17-6-2-3-7-18(17)27-24(20)30-23/h4-5,8-13H,2-3,6-7,25H2,1H3. The summed E-state index contributed by atoms with van der Waals surface area (Å²) < 4.78 is 5.20. The number of aryl methyl sites for hydroxylation is 1. The predicted molar refractivity (Wildman–Crippen MR) is 120 cm³/mol. The van der Waals surface area contributed by atoms with Crippen molar-refractivity contribution >= 4 is 33.0 Å². The maximum Gasteiger partial charge on any atom is 0.205 e. The fourth-order valence-electron chi connectivity index (χ4n) is 4.18. The van der Waals surface area contributed by atoms with Crippen molar-refractivity contribution in [2.75, 3.05) is 12.8 Å². The molecule has 0 unspecified atom stereocenters. The summed E-state index contributed by atoms with van der Waals surface area (Å²) in [5.41, 5.74) is 12.2. The van der Waals surface area contributed by atoms with Crippen molar-refractivity contribution in [3.05, 3.63) is 70.5 Å². The summed E-state index contributed by atoms with van der Waals surface area (Å²) in [6.45, 7) is 0. The smallest absolute Gasteiger partial charge is 0.205 e. The van der Waals surface area contributed by atoms with E-state index >= 15 is 0 Å². The minimum absolute atomic E-state index is 0.0896. The van der Waals surface area contributed by atoms with E-state index in [0.29, 0.717) is 21.9 Å². The molecular weight excluding hydrogens is 394 g/mol. The molecule has 0 saturated heterocycles. The average Bonchev–Trinajstić information content (AvgIpc) is 3.13. The number of rotatable bonds is 4. The summed E-state index contributed by atoms with van der Waals surface area (Å²) in [6, 6.07) is 11.1. The third kappa shape index (κ3) is 3.04. The number of pyridine rings is 2. The number of ether oxygens (including phenoxy) is 1. The number of nitrogen functional groups attached to an aromatic ring is 1. The Morgan fingerprint density at radius 2 is 1.93 bits per heavy atom. The van der Waals surface area contributed by atoms with Gasteiger partial charge in [0.2, 0.25) is 5.78 Å². The van der Waals surface area contributed by atoms with Crippen LogP contribution in [0.15, 0.2) is 48.8 Å². The van der Waals surface area contributed by atoms with Crippen LogP contribution in [-0.2, 0) is 12.8 Å². The van der Waals surface area contributed by atoms with Gasteiger partial charge in [0.25, 0.3) is 0 Å². The van der Waals surface area contributed by atoms with Crippen molar-refractivity contribution in [1.29, 1.82) is 0 Å². The van der Waals surface area contributed by atoms with E-state index in [9.17, 15) is 4.79 Å². The zero-order valence-electron chi connectivity index (χ0n) is 16.6. The lowest BCUT2D eigenvalue weighted by molar-refractivity contribution is 0.104. The summed E-state index contributed by atoms with van der Waals surface area (Å²) >= 11 is 1.38. The molecule has 30 heavy (non-hydrogen) atoms. The van der Waals surface area contributed by atoms with Gasteiger partial charge in [0.05, 0.1) is 12.8 Å². The number of carbonyl (C=O) groups is 1. The SMILES string of the molecule is COc1ccc(C(=O)c2sc3nc4c(c(-c5cccnc5)c3c2N)CCCC4)cc1. The highest BCUT2D eigenvalue weighted by Gasteiger charge is 2.26. The number of thiophene rings is 1. The van der Waals surface area contributed by atoms with Gasteiger partial charge in [-0.2, -0.15) is 0 Å². The predicted octanol–water partition coefficient (Wildman–Crippen LogP) is 5.06. The normalized spacial score (nSPS) is 13.2. The Morgan fingerprint density at radius 3 is 2.67 bits per heavy atom. The van der Waals surface area contributed by atoms with E-state index in [4.69, 9.17) is 15.5 Å².